The van der Waals surface area contributed by atoms with E-state index in [9.17, 15) is 0 Å². The second kappa shape index (κ2) is 3.71. The zero-order valence-corrected chi connectivity index (χ0v) is 7.35. The lowest BCUT2D eigenvalue weighted by Gasteiger charge is -1.80. The van der Waals surface area contributed by atoms with Crippen LogP contribution in [0.4, 0.5) is 0 Å². The second-order valence-corrected chi connectivity index (χ2v) is 3.25. The predicted molar refractivity (Wildman–Crippen MR) is 48.3 cm³/mol. The standard InChI is InChI=1S/C9H6N2S/c1-7-2-9(12-6-7)3-8(4-10)5-11/h2-3,6H,1H3. The van der Waals surface area contributed by atoms with E-state index in [1.807, 2.05) is 30.5 Å². The predicted octanol–water partition coefficient (Wildman–Crippen LogP) is 2.49. The Bertz CT molecular complexity index is 371. The van der Waals surface area contributed by atoms with Gasteiger partial charge in [0.05, 0.1) is 0 Å². The molecule has 0 amide bonds. The number of thiophene rings is 1. The molecule has 0 N–H and O–H groups in total. The zero-order valence-electron chi connectivity index (χ0n) is 6.53. The van der Waals surface area contributed by atoms with Gasteiger partial charge in [-0.2, -0.15) is 10.5 Å². The number of nitriles is 2. The Kier molecular flexibility index (Phi) is 2.63. The maximum absolute atomic E-state index is 8.46. The summed E-state index contributed by atoms with van der Waals surface area (Å²) in [5, 5.41) is 18.9. The van der Waals surface area contributed by atoms with E-state index in [1.165, 1.54) is 11.3 Å². The van der Waals surface area contributed by atoms with Crippen molar-refractivity contribution in [3.63, 3.8) is 0 Å². The minimum Gasteiger partial charge on any atom is -0.192 e. The van der Waals surface area contributed by atoms with E-state index >= 15 is 0 Å². The SMILES string of the molecule is Cc1csc(C=C(C#N)C#N)c1. The number of allylic oxidation sites excluding steroid dienone is 1. The van der Waals surface area contributed by atoms with Crippen LogP contribution in [0.15, 0.2) is 17.0 Å². The van der Waals surface area contributed by atoms with Crippen LogP contribution in [0.3, 0.4) is 0 Å². The molecule has 2 nitrogen and oxygen atoms in total. The van der Waals surface area contributed by atoms with Crippen molar-refractivity contribution in [3.05, 3.63) is 27.5 Å². The molecule has 1 aromatic rings. The number of aryl methyl sites for hydroxylation is 1. The van der Waals surface area contributed by atoms with Crippen molar-refractivity contribution in [3.8, 4) is 12.1 Å². The Morgan fingerprint density at radius 3 is 2.58 bits per heavy atom. The van der Waals surface area contributed by atoms with Crippen LogP contribution in [0, 0.1) is 29.6 Å². The Morgan fingerprint density at radius 1 is 1.50 bits per heavy atom. The molecule has 0 aromatic carbocycles. The highest BCUT2D eigenvalue weighted by Gasteiger charge is 1.95. The molecule has 0 unspecified atom stereocenters. The van der Waals surface area contributed by atoms with Gasteiger partial charge in [0.2, 0.25) is 0 Å². The number of hydrogen-bond acceptors (Lipinski definition) is 3. The van der Waals surface area contributed by atoms with E-state index < -0.39 is 0 Å². The van der Waals surface area contributed by atoms with Gasteiger partial charge in [-0.3, -0.25) is 0 Å². The first-order chi connectivity index (χ1) is 5.76. The smallest absolute Gasteiger partial charge is 0.131 e. The lowest BCUT2D eigenvalue weighted by molar-refractivity contribution is 1.47. The van der Waals surface area contributed by atoms with E-state index in [4.69, 9.17) is 10.5 Å². The molecule has 0 saturated heterocycles. The molecule has 1 heterocycles. The van der Waals surface area contributed by atoms with Gasteiger partial charge in [-0.15, -0.1) is 11.3 Å². The largest absolute Gasteiger partial charge is 0.192 e. The van der Waals surface area contributed by atoms with E-state index in [2.05, 4.69) is 0 Å². The van der Waals surface area contributed by atoms with Crippen molar-refractivity contribution in [2.24, 2.45) is 0 Å². The van der Waals surface area contributed by atoms with Crippen LogP contribution in [0.2, 0.25) is 0 Å². The average Bonchev–Trinajstić information content (AvgIpc) is 2.47. The maximum atomic E-state index is 8.46. The van der Waals surface area contributed by atoms with Crippen molar-refractivity contribution in [1.82, 2.24) is 0 Å². The van der Waals surface area contributed by atoms with Crippen LogP contribution >= 0.6 is 11.3 Å². The molecule has 0 radical (unpaired) electrons. The van der Waals surface area contributed by atoms with Crippen LogP contribution in [-0.4, -0.2) is 0 Å². The van der Waals surface area contributed by atoms with Crippen molar-refractivity contribution < 1.29 is 0 Å². The molecule has 0 aliphatic carbocycles. The summed E-state index contributed by atoms with van der Waals surface area (Å²) in [6.07, 6.45) is 1.59. The molecule has 3 heteroatoms. The van der Waals surface area contributed by atoms with Crippen molar-refractivity contribution >= 4 is 17.4 Å². The highest BCUT2D eigenvalue weighted by atomic mass is 32.1. The summed E-state index contributed by atoms with van der Waals surface area (Å²) in [6, 6.07) is 5.58. The Labute approximate surface area is 75.0 Å². The van der Waals surface area contributed by atoms with Crippen LogP contribution < -0.4 is 0 Å². The van der Waals surface area contributed by atoms with E-state index in [-0.39, 0.29) is 5.57 Å². The van der Waals surface area contributed by atoms with Gasteiger partial charge in [-0.25, -0.2) is 0 Å². The van der Waals surface area contributed by atoms with E-state index in [0.717, 1.165) is 10.4 Å². The van der Waals surface area contributed by atoms with Crippen LogP contribution in [-0.2, 0) is 0 Å². The van der Waals surface area contributed by atoms with Gasteiger partial charge < -0.3 is 0 Å². The van der Waals surface area contributed by atoms with Gasteiger partial charge in [0.25, 0.3) is 0 Å². The van der Waals surface area contributed by atoms with Crippen molar-refractivity contribution in [2.75, 3.05) is 0 Å². The fourth-order valence-corrected chi connectivity index (χ4v) is 1.59. The lowest BCUT2D eigenvalue weighted by Crippen LogP contribution is -1.69. The third-order valence-corrected chi connectivity index (χ3v) is 2.28. The fourth-order valence-electron chi connectivity index (χ4n) is 0.761. The first-order valence-electron chi connectivity index (χ1n) is 3.33. The summed E-state index contributed by atoms with van der Waals surface area (Å²) in [5.74, 6) is 0. The first-order valence-corrected chi connectivity index (χ1v) is 4.21. The van der Waals surface area contributed by atoms with Gasteiger partial charge in [0.15, 0.2) is 0 Å². The highest BCUT2D eigenvalue weighted by Crippen LogP contribution is 2.16. The quantitative estimate of drug-likeness (QED) is 0.614. The molecular formula is C9H6N2S. The summed E-state index contributed by atoms with van der Waals surface area (Å²) in [4.78, 5) is 0.950. The normalized spacial score (nSPS) is 8.25. The summed E-state index contributed by atoms with van der Waals surface area (Å²) in [7, 11) is 0. The Hall–Kier alpha value is -1.58. The zero-order chi connectivity index (χ0) is 8.97. The summed E-state index contributed by atoms with van der Waals surface area (Å²) >= 11 is 1.53. The van der Waals surface area contributed by atoms with Crippen molar-refractivity contribution in [2.45, 2.75) is 6.92 Å². The van der Waals surface area contributed by atoms with Gasteiger partial charge in [-0.05, 0) is 30.0 Å². The molecular weight excluding hydrogens is 168 g/mol. The molecule has 0 saturated carbocycles. The van der Waals surface area contributed by atoms with Gasteiger partial charge in [0, 0.05) is 4.88 Å². The van der Waals surface area contributed by atoms with Gasteiger partial charge in [-0.1, -0.05) is 0 Å². The summed E-state index contributed by atoms with van der Waals surface area (Å²) < 4.78 is 0. The maximum Gasteiger partial charge on any atom is 0.131 e. The minimum absolute atomic E-state index is 0.150. The highest BCUT2D eigenvalue weighted by molar-refractivity contribution is 7.11. The third kappa shape index (κ3) is 1.95. The number of nitrogens with zero attached hydrogens (tertiary/aromatic N) is 2. The number of rotatable bonds is 1. The molecule has 58 valence electrons. The first kappa shape index (κ1) is 8.52. The van der Waals surface area contributed by atoms with E-state index in [0.29, 0.717) is 0 Å². The monoisotopic (exact) mass is 174 g/mol. The topological polar surface area (TPSA) is 47.6 Å². The van der Waals surface area contributed by atoms with Gasteiger partial charge >= 0.3 is 0 Å². The van der Waals surface area contributed by atoms with Crippen LogP contribution in [0.1, 0.15) is 10.4 Å². The second-order valence-electron chi connectivity index (χ2n) is 2.31. The Morgan fingerprint density at radius 2 is 2.17 bits per heavy atom. The fraction of sp³-hybridized carbons (Fsp3) is 0.111. The summed E-state index contributed by atoms with van der Waals surface area (Å²) in [6.45, 7) is 1.98. The summed E-state index contributed by atoms with van der Waals surface area (Å²) in [5.41, 5.74) is 1.30. The number of hydrogen-bond donors (Lipinski definition) is 0. The van der Waals surface area contributed by atoms with Crippen LogP contribution in [0.5, 0.6) is 0 Å². The average molecular weight is 174 g/mol. The molecule has 1 aromatic heterocycles. The molecule has 12 heavy (non-hydrogen) atoms. The molecule has 0 fully saturated rings. The molecule has 1 rings (SSSR count). The molecule has 0 atom stereocenters. The third-order valence-electron chi connectivity index (χ3n) is 1.28. The Balaban J connectivity index is 2.97. The molecule has 0 bridgehead atoms. The van der Waals surface area contributed by atoms with Crippen molar-refractivity contribution in [1.29, 1.82) is 10.5 Å². The van der Waals surface area contributed by atoms with Crippen LogP contribution in [0.25, 0.3) is 6.08 Å². The molecule has 0 spiro atoms. The lowest BCUT2D eigenvalue weighted by atomic mass is 10.2. The molecule has 0 aliphatic heterocycles. The molecule has 0 aliphatic rings. The van der Waals surface area contributed by atoms with Gasteiger partial charge in [0.1, 0.15) is 17.7 Å². The minimum atomic E-state index is 0.150. The van der Waals surface area contributed by atoms with E-state index in [1.54, 1.807) is 6.08 Å².